The van der Waals surface area contributed by atoms with E-state index in [0.717, 1.165) is 0 Å². The Morgan fingerprint density at radius 2 is 1.86 bits per heavy atom. The molecule has 6 heteroatoms. The van der Waals surface area contributed by atoms with E-state index in [-0.39, 0.29) is 24.4 Å². The van der Waals surface area contributed by atoms with Crippen LogP contribution in [0.25, 0.3) is 0 Å². The van der Waals surface area contributed by atoms with Gasteiger partial charge in [-0.15, -0.1) is 12.4 Å². The highest BCUT2D eigenvalue weighted by Gasteiger charge is 2.24. The zero-order valence-corrected chi connectivity index (χ0v) is 9.35. The Bertz CT molecular complexity index is 213. The Hall–Kier alpha value is -0.810. The van der Waals surface area contributed by atoms with Crippen LogP contribution in [-0.4, -0.2) is 28.6 Å². The number of aliphatic carboxylic acids is 1. The van der Waals surface area contributed by atoms with Crippen molar-refractivity contribution >= 4 is 24.3 Å². The third kappa shape index (κ3) is 7.82. The highest BCUT2D eigenvalue weighted by molar-refractivity contribution is 5.85. The van der Waals surface area contributed by atoms with Crippen molar-refractivity contribution in [2.75, 3.05) is 0 Å². The number of rotatable bonds is 4. The SMILES string of the molecule is CC(C)(C)N[C@@H](CC(N)=O)C(=O)O.Cl. The maximum absolute atomic E-state index is 10.6. The Balaban J connectivity index is 0. The smallest absolute Gasteiger partial charge is 0.321 e. The highest BCUT2D eigenvalue weighted by Crippen LogP contribution is 2.03. The lowest BCUT2D eigenvalue weighted by Gasteiger charge is -2.25. The third-order valence-corrected chi connectivity index (χ3v) is 1.31. The molecule has 0 heterocycles. The van der Waals surface area contributed by atoms with E-state index < -0.39 is 17.9 Å². The van der Waals surface area contributed by atoms with Crippen molar-refractivity contribution < 1.29 is 14.7 Å². The van der Waals surface area contributed by atoms with Gasteiger partial charge in [0.2, 0.25) is 5.91 Å². The van der Waals surface area contributed by atoms with Gasteiger partial charge in [-0.2, -0.15) is 0 Å². The van der Waals surface area contributed by atoms with Crippen molar-refractivity contribution in [2.45, 2.75) is 38.8 Å². The van der Waals surface area contributed by atoms with E-state index in [1.165, 1.54) is 0 Å². The fraction of sp³-hybridized carbons (Fsp3) is 0.750. The van der Waals surface area contributed by atoms with Crippen LogP contribution in [0.5, 0.6) is 0 Å². The van der Waals surface area contributed by atoms with Crippen LogP contribution < -0.4 is 11.1 Å². The molecule has 4 N–H and O–H groups in total. The molecular weight excluding hydrogens is 208 g/mol. The molecule has 0 aromatic rings. The molecule has 14 heavy (non-hydrogen) atoms. The monoisotopic (exact) mass is 224 g/mol. The molecule has 0 aliphatic heterocycles. The van der Waals surface area contributed by atoms with Gasteiger partial charge >= 0.3 is 5.97 Å². The van der Waals surface area contributed by atoms with Gasteiger partial charge < -0.3 is 10.8 Å². The predicted octanol–water partition coefficient (Wildman–Crippen LogP) is 0.125. The average Bonchev–Trinajstić information content (AvgIpc) is 1.81. The van der Waals surface area contributed by atoms with Crippen LogP contribution in [0.3, 0.4) is 0 Å². The number of nitrogens with two attached hydrogens (primary N) is 1. The van der Waals surface area contributed by atoms with Gasteiger partial charge in [0, 0.05) is 5.54 Å². The van der Waals surface area contributed by atoms with E-state index in [1.807, 2.05) is 20.8 Å². The number of carbonyl (C=O) groups excluding carboxylic acids is 1. The topological polar surface area (TPSA) is 92.4 Å². The maximum Gasteiger partial charge on any atom is 0.321 e. The lowest BCUT2D eigenvalue weighted by Crippen LogP contribution is -2.49. The van der Waals surface area contributed by atoms with Crippen molar-refractivity contribution in [3.63, 3.8) is 0 Å². The van der Waals surface area contributed by atoms with Gasteiger partial charge in [-0.05, 0) is 20.8 Å². The fourth-order valence-corrected chi connectivity index (χ4v) is 0.924. The minimum absolute atomic E-state index is 0. The summed E-state index contributed by atoms with van der Waals surface area (Å²) in [6.07, 6.45) is -0.188. The number of primary amides is 1. The minimum Gasteiger partial charge on any atom is -0.480 e. The third-order valence-electron chi connectivity index (χ3n) is 1.31. The average molecular weight is 225 g/mol. The van der Waals surface area contributed by atoms with Crippen LogP contribution in [0.2, 0.25) is 0 Å². The summed E-state index contributed by atoms with van der Waals surface area (Å²) in [5, 5.41) is 11.5. The second-order valence-corrected chi connectivity index (χ2v) is 3.96. The molecule has 1 amide bonds. The van der Waals surface area contributed by atoms with E-state index in [0.29, 0.717) is 0 Å². The molecule has 0 unspecified atom stereocenters. The summed E-state index contributed by atoms with van der Waals surface area (Å²) in [6, 6.07) is -0.905. The van der Waals surface area contributed by atoms with E-state index >= 15 is 0 Å². The summed E-state index contributed by atoms with van der Waals surface area (Å²) in [5.74, 6) is -1.68. The molecule has 0 aromatic heterocycles. The highest BCUT2D eigenvalue weighted by atomic mass is 35.5. The van der Waals surface area contributed by atoms with Gasteiger partial charge in [-0.1, -0.05) is 0 Å². The standard InChI is InChI=1S/C8H16N2O3.ClH/c1-8(2,3)10-5(7(12)13)4-6(9)11;/h5,10H,4H2,1-3H3,(H2,9,11)(H,12,13);1H/t5-;/m0./s1. The van der Waals surface area contributed by atoms with E-state index in [1.54, 1.807) is 0 Å². The van der Waals surface area contributed by atoms with Crippen LogP contribution >= 0.6 is 12.4 Å². The summed E-state index contributed by atoms with van der Waals surface area (Å²) < 4.78 is 0. The number of hydrogen-bond acceptors (Lipinski definition) is 3. The lowest BCUT2D eigenvalue weighted by molar-refractivity contribution is -0.141. The van der Waals surface area contributed by atoms with Gasteiger partial charge in [0.1, 0.15) is 6.04 Å². The second-order valence-electron chi connectivity index (χ2n) is 3.96. The fourth-order valence-electron chi connectivity index (χ4n) is 0.924. The first kappa shape index (κ1) is 15.7. The first-order chi connectivity index (χ1) is 5.72. The maximum atomic E-state index is 10.6. The molecule has 0 aliphatic carbocycles. The van der Waals surface area contributed by atoms with Gasteiger partial charge in [0.05, 0.1) is 6.42 Å². The first-order valence-electron chi connectivity index (χ1n) is 4.01. The Kier molecular flexibility index (Phi) is 6.51. The van der Waals surface area contributed by atoms with Crippen LogP contribution in [0.4, 0.5) is 0 Å². The molecule has 0 saturated heterocycles. The summed E-state index contributed by atoms with van der Waals surface area (Å²) in [4.78, 5) is 21.2. The zero-order chi connectivity index (χ0) is 10.6. The van der Waals surface area contributed by atoms with E-state index in [4.69, 9.17) is 10.8 Å². The number of carboxylic acid groups (broad SMARTS) is 1. The summed E-state index contributed by atoms with van der Waals surface area (Å²) in [6.45, 7) is 5.47. The minimum atomic E-state index is -1.06. The summed E-state index contributed by atoms with van der Waals surface area (Å²) in [5.41, 5.74) is 4.56. The molecule has 84 valence electrons. The normalized spacial score (nSPS) is 12.8. The Morgan fingerprint density at radius 1 is 1.43 bits per heavy atom. The summed E-state index contributed by atoms with van der Waals surface area (Å²) >= 11 is 0. The number of halogens is 1. The van der Waals surface area contributed by atoms with Gasteiger partial charge in [0.15, 0.2) is 0 Å². The molecule has 0 saturated carbocycles. The molecule has 0 spiro atoms. The van der Waals surface area contributed by atoms with Crippen molar-refractivity contribution in [1.29, 1.82) is 0 Å². The molecule has 1 atom stereocenters. The van der Waals surface area contributed by atoms with Crippen LogP contribution in [0.1, 0.15) is 27.2 Å². The van der Waals surface area contributed by atoms with Gasteiger partial charge in [0.25, 0.3) is 0 Å². The molecule has 0 bridgehead atoms. The molecule has 5 nitrogen and oxygen atoms in total. The number of hydrogen-bond donors (Lipinski definition) is 3. The second kappa shape index (κ2) is 5.82. The molecule has 0 rings (SSSR count). The van der Waals surface area contributed by atoms with E-state index in [2.05, 4.69) is 5.32 Å². The zero-order valence-electron chi connectivity index (χ0n) is 8.53. The van der Waals surface area contributed by atoms with Crippen molar-refractivity contribution in [1.82, 2.24) is 5.32 Å². The Labute approximate surface area is 89.5 Å². The van der Waals surface area contributed by atoms with E-state index in [9.17, 15) is 9.59 Å². The molecule has 0 radical (unpaired) electrons. The largest absolute Gasteiger partial charge is 0.480 e. The van der Waals surface area contributed by atoms with Crippen molar-refractivity contribution in [2.24, 2.45) is 5.73 Å². The lowest BCUT2D eigenvalue weighted by atomic mass is 10.1. The number of amides is 1. The van der Waals surface area contributed by atoms with Crippen LogP contribution in [-0.2, 0) is 9.59 Å². The number of nitrogens with one attached hydrogen (secondary N) is 1. The van der Waals surface area contributed by atoms with Crippen LogP contribution in [0, 0.1) is 0 Å². The molecule has 0 aliphatic rings. The molecular formula is C8H17ClN2O3. The quantitative estimate of drug-likeness (QED) is 0.633. The van der Waals surface area contributed by atoms with Gasteiger partial charge in [-0.25, -0.2) is 0 Å². The summed E-state index contributed by atoms with van der Waals surface area (Å²) in [7, 11) is 0. The number of carboxylic acids is 1. The Morgan fingerprint density at radius 3 is 2.07 bits per heavy atom. The van der Waals surface area contributed by atoms with Crippen molar-refractivity contribution in [3.05, 3.63) is 0 Å². The number of carbonyl (C=O) groups is 2. The molecule has 0 aromatic carbocycles. The first-order valence-corrected chi connectivity index (χ1v) is 4.01. The predicted molar refractivity (Wildman–Crippen MR) is 55.4 cm³/mol. The van der Waals surface area contributed by atoms with Crippen LogP contribution in [0.15, 0.2) is 0 Å². The van der Waals surface area contributed by atoms with Gasteiger partial charge in [-0.3, -0.25) is 14.9 Å². The molecule has 0 fully saturated rings. The van der Waals surface area contributed by atoms with Crippen molar-refractivity contribution in [3.8, 4) is 0 Å².